The Morgan fingerprint density at radius 3 is 2.90 bits per heavy atom. The van der Waals surface area contributed by atoms with Crippen molar-refractivity contribution >= 4 is 5.91 Å². The summed E-state index contributed by atoms with van der Waals surface area (Å²) in [6.07, 6.45) is 3.42. The Hall–Kier alpha value is -2.52. The van der Waals surface area contributed by atoms with Crippen LogP contribution in [0.5, 0.6) is 5.75 Å². The summed E-state index contributed by atoms with van der Waals surface area (Å²) in [4.78, 5) is 18.9. The van der Waals surface area contributed by atoms with Crippen LogP contribution in [0.2, 0.25) is 0 Å². The molecule has 1 atom stereocenters. The van der Waals surface area contributed by atoms with Crippen molar-refractivity contribution in [2.45, 2.75) is 31.6 Å². The summed E-state index contributed by atoms with van der Waals surface area (Å²) in [7, 11) is 1.39. The van der Waals surface area contributed by atoms with Crippen LogP contribution >= 0.6 is 0 Å². The highest BCUT2D eigenvalue weighted by Gasteiger charge is 2.31. The van der Waals surface area contributed by atoms with Crippen molar-refractivity contribution in [2.75, 3.05) is 46.6 Å². The van der Waals surface area contributed by atoms with Gasteiger partial charge in [0.15, 0.2) is 17.4 Å². The summed E-state index contributed by atoms with van der Waals surface area (Å²) >= 11 is 0. The normalized spacial score (nSPS) is 19.7. The summed E-state index contributed by atoms with van der Waals surface area (Å²) in [5, 5.41) is 4.05. The molecular formula is C22H28FN3O5. The van der Waals surface area contributed by atoms with Crippen LogP contribution in [-0.4, -0.2) is 67.6 Å². The van der Waals surface area contributed by atoms with Crippen molar-refractivity contribution in [2.24, 2.45) is 5.92 Å². The second kappa shape index (κ2) is 10.2. The molecule has 9 heteroatoms. The van der Waals surface area contributed by atoms with E-state index in [0.29, 0.717) is 49.3 Å². The van der Waals surface area contributed by atoms with Crippen molar-refractivity contribution in [1.82, 2.24) is 15.0 Å². The van der Waals surface area contributed by atoms with Gasteiger partial charge in [0.2, 0.25) is 5.89 Å². The zero-order chi connectivity index (χ0) is 21.6. The van der Waals surface area contributed by atoms with E-state index in [1.54, 1.807) is 11.0 Å². The second-order valence-electron chi connectivity index (χ2n) is 8.02. The lowest BCUT2D eigenvalue weighted by molar-refractivity contribution is 0.0211. The van der Waals surface area contributed by atoms with Crippen LogP contribution in [0, 0.1) is 11.7 Å². The van der Waals surface area contributed by atoms with Crippen molar-refractivity contribution in [1.29, 1.82) is 0 Å². The predicted octanol–water partition coefficient (Wildman–Crippen LogP) is 2.83. The molecule has 0 aliphatic carbocycles. The fraction of sp³-hybridized carbons (Fsp3) is 0.591. The van der Waals surface area contributed by atoms with Gasteiger partial charge in [-0.1, -0.05) is 5.16 Å². The molecule has 2 aliphatic heterocycles. The molecular weight excluding hydrogens is 405 g/mol. The molecule has 2 fully saturated rings. The van der Waals surface area contributed by atoms with Gasteiger partial charge in [-0.05, 0) is 43.4 Å². The van der Waals surface area contributed by atoms with E-state index in [9.17, 15) is 9.18 Å². The third-order valence-electron chi connectivity index (χ3n) is 5.87. The first-order valence-electron chi connectivity index (χ1n) is 10.7. The Morgan fingerprint density at radius 2 is 2.13 bits per heavy atom. The lowest BCUT2D eigenvalue weighted by Gasteiger charge is -2.21. The number of hydrogen-bond donors (Lipinski definition) is 0. The lowest BCUT2D eigenvalue weighted by Crippen LogP contribution is -2.28. The number of carbonyl (C=O) groups excluding carboxylic acids is 1. The SMILES string of the molecule is COc1ccc(C(=O)N2CCC(c3nc(CCOCC4CCOCC4)no3)C2)cc1F. The van der Waals surface area contributed by atoms with E-state index in [1.807, 2.05) is 0 Å². The van der Waals surface area contributed by atoms with Gasteiger partial charge in [-0.15, -0.1) is 0 Å². The number of ether oxygens (including phenoxy) is 3. The molecule has 3 heterocycles. The molecule has 0 spiro atoms. The molecule has 8 nitrogen and oxygen atoms in total. The first kappa shape index (κ1) is 21.7. The van der Waals surface area contributed by atoms with E-state index in [4.69, 9.17) is 18.7 Å². The number of amides is 1. The Labute approximate surface area is 180 Å². The highest BCUT2D eigenvalue weighted by atomic mass is 19.1. The number of rotatable bonds is 8. The quantitative estimate of drug-likeness (QED) is 0.592. The third kappa shape index (κ3) is 5.40. The molecule has 2 aliphatic rings. The lowest BCUT2D eigenvalue weighted by atomic mass is 10.0. The van der Waals surface area contributed by atoms with Gasteiger partial charge in [0, 0.05) is 44.9 Å². The first-order chi connectivity index (χ1) is 15.1. The summed E-state index contributed by atoms with van der Waals surface area (Å²) < 4.78 is 35.4. The van der Waals surface area contributed by atoms with Gasteiger partial charge in [-0.3, -0.25) is 4.79 Å². The largest absolute Gasteiger partial charge is 0.494 e. The van der Waals surface area contributed by atoms with Gasteiger partial charge < -0.3 is 23.6 Å². The molecule has 0 bridgehead atoms. The number of nitrogens with zero attached hydrogens (tertiary/aromatic N) is 3. The zero-order valence-electron chi connectivity index (χ0n) is 17.7. The monoisotopic (exact) mass is 433 g/mol. The number of aromatic nitrogens is 2. The topological polar surface area (TPSA) is 86.9 Å². The van der Waals surface area contributed by atoms with Crippen molar-refractivity contribution < 1.29 is 27.9 Å². The zero-order valence-corrected chi connectivity index (χ0v) is 17.7. The number of carbonyl (C=O) groups is 1. The van der Waals surface area contributed by atoms with Gasteiger partial charge in [-0.25, -0.2) is 4.39 Å². The van der Waals surface area contributed by atoms with Gasteiger partial charge in [0.1, 0.15) is 0 Å². The number of hydrogen-bond acceptors (Lipinski definition) is 7. The maximum atomic E-state index is 13.9. The van der Waals surface area contributed by atoms with Crippen molar-refractivity contribution in [3.8, 4) is 5.75 Å². The Kier molecular flexibility index (Phi) is 7.14. The molecule has 1 aromatic carbocycles. The molecule has 1 aromatic heterocycles. The van der Waals surface area contributed by atoms with Gasteiger partial charge >= 0.3 is 0 Å². The van der Waals surface area contributed by atoms with E-state index in [2.05, 4.69) is 10.1 Å². The fourth-order valence-corrected chi connectivity index (χ4v) is 3.99. The van der Waals surface area contributed by atoms with Crippen LogP contribution in [0.15, 0.2) is 22.7 Å². The molecule has 2 aromatic rings. The van der Waals surface area contributed by atoms with E-state index in [0.717, 1.165) is 39.1 Å². The number of methoxy groups -OCH3 is 1. The molecule has 0 N–H and O–H groups in total. The van der Waals surface area contributed by atoms with Crippen molar-refractivity contribution in [3.63, 3.8) is 0 Å². The minimum atomic E-state index is -0.551. The van der Waals surface area contributed by atoms with E-state index < -0.39 is 5.82 Å². The van der Waals surface area contributed by atoms with E-state index in [-0.39, 0.29) is 17.6 Å². The summed E-state index contributed by atoms with van der Waals surface area (Å²) in [6.45, 7) is 3.94. The minimum Gasteiger partial charge on any atom is -0.494 e. The summed E-state index contributed by atoms with van der Waals surface area (Å²) in [5.41, 5.74) is 0.298. The van der Waals surface area contributed by atoms with Crippen LogP contribution < -0.4 is 4.74 Å². The van der Waals surface area contributed by atoms with Crippen LogP contribution in [0.3, 0.4) is 0 Å². The predicted molar refractivity (Wildman–Crippen MR) is 109 cm³/mol. The number of likely N-dealkylation sites (tertiary alicyclic amines) is 1. The van der Waals surface area contributed by atoms with Gasteiger partial charge in [0.25, 0.3) is 5.91 Å². The number of halogens is 1. The van der Waals surface area contributed by atoms with E-state index >= 15 is 0 Å². The second-order valence-corrected chi connectivity index (χ2v) is 8.02. The number of benzene rings is 1. The van der Waals surface area contributed by atoms with Crippen LogP contribution in [0.4, 0.5) is 4.39 Å². The molecule has 0 radical (unpaired) electrons. The smallest absolute Gasteiger partial charge is 0.253 e. The van der Waals surface area contributed by atoms with Crippen molar-refractivity contribution in [3.05, 3.63) is 41.3 Å². The highest BCUT2D eigenvalue weighted by Crippen LogP contribution is 2.28. The molecule has 0 saturated carbocycles. The van der Waals surface area contributed by atoms with Gasteiger partial charge in [0.05, 0.1) is 19.6 Å². The summed E-state index contributed by atoms with van der Waals surface area (Å²) in [5.74, 6) is 1.05. The van der Waals surface area contributed by atoms with E-state index in [1.165, 1.54) is 19.2 Å². The molecule has 31 heavy (non-hydrogen) atoms. The maximum absolute atomic E-state index is 13.9. The minimum absolute atomic E-state index is 0.0172. The Balaban J connectivity index is 1.25. The van der Waals surface area contributed by atoms with Gasteiger partial charge in [-0.2, -0.15) is 4.98 Å². The molecule has 168 valence electrons. The Morgan fingerprint density at radius 1 is 1.29 bits per heavy atom. The van der Waals surface area contributed by atoms with Crippen LogP contribution in [-0.2, 0) is 15.9 Å². The standard InChI is InChI=1S/C22H28FN3O5/c1-28-19-3-2-16(12-18(19)23)22(27)26-8-4-17(13-26)21-24-20(25-31-21)7-11-30-14-15-5-9-29-10-6-15/h2-3,12,15,17H,4-11,13-14H2,1H3. The average Bonchev–Trinajstić information content (AvgIpc) is 3.47. The molecule has 4 rings (SSSR count). The third-order valence-corrected chi connectivity index (χ3v) is 5.87. The molecule has 1 amide bonds. The summed E-state index contributed by atoms with van der Waals surface area (Å²) in [6, 6.07) is 4.24. The fourth-order valence-electron chi connectivity index (χ4n) is 3.99. The first-order valence-corrected chi connectivity index (χ1v) is 10.7. The van der Waals surface area contributed by atoms with Crippen LogP contribution in [0.25, 0.3) is 0 Å². The Bertz CT molecular complexity index is 884. The van der Waals surface area contributed by atoms with Crippen LogP contribution in [0.1, 0.15) is 47.3 Å². The highest BCUT2D eigenvalue weighted by molar-refractivity contribution is 5.94. The molecule has 1 unspecified atom stereocenters. The molecule has 2 saturated heterocycles. The average molecular weight is 433 g/mol. The maximum Gasteiger partial charge on any atom is 0.253 e.